The lowest BCUT2D eigenvalue weighted by Gasteiger charge is -2.15. The molecule has 2 amide bonds. The van der Waals surface area contributed by atoms with Gasteiger partial charge in [-0.05, 0) is 24.1 Å². The van der Waals surface area contributed by atoms with Crippen molar-refractivity contribution in [2.45, 2.75) is 26.1 Å². The number of hydrogen-bond donors (Lipinski definition) is 3. The van der Waals surface area contributed by atoms with Gasteiger partial charge in [-0.25, -0.2) is 0 Å². The normalized spacial score (nSPS) is 12.3. The van der Waals surface area contributed by atoms with Gasteiger partial charge in [-0.2, -0.15) is 13.2 Å². The molecule has 1 aromatic rings. The van der Waals surface area contributed by atoms with Gasteiger partial charge in [-0.1, -0.05) is 29.8 Å². The van der Waals surface area contributed by atoms with Gasteiger partial charge in [-0.15, -0.1) is 12.4 Å². The van der Waals surface area contributed by atoms with Gasteiger partial charge in [0, 0.05) is 10.2 Å². The lowest BCUT2D eigenvalue weighted by atomic mass is 10.1. The molecule has 0 aromatic heterocycles. The van der Waals surface area contributed by atoms with E-state index in [1.807, 2.05) is 0 Å². The highest BCUT2D eigenvalue weighted by Crippen LogP contribution is 2.33. The number of hydrogen-bond acceptors (Lipinski definition) is 3. The van der Waals surface area contributed by atoms with Crippen LogP contribution in [-0.4, -0.2) is 24.4 Å². The Balaban J connectivity index is 0.00000529. The zero-order chi connectivity index (χ0) is 17.8. The summed E-state index contributed by atoms with van der Waals surface area (Å²) in [4.78, 5) is 23.3. The van der Waals surface area contributed by atoms with Crippen LogP contribution >= 0.6 is 28.3 Å². The minimum atomic E-state index is -4.53. The molecule has 1 rings (SSSR count). The van der Waals surface area contributed by atoms with Gasteiger partial charge in [-0.3, -0.25) is 9.59 Å². The van der Waals surface area contributed by atoms with E-state index in [2.05, 4.69) is 26.6 Å². The van der Waals surface area contributed by atoms with E-state index in [0.717, 1.165) is 12.1 Å². The first-order chi connectivity index (χ1) is 10.5. The van der Waals surface area contributed by atoms with E-state index in [1.165, 1.54) is 6.07 Å². The molecule has 0 radical (unpaired) electrons. The van der Waals surface area contributed by atoms with Gasteiger partial charge in [0.2, 0.25) is 11.8 Å². The second kappa shape index (κ2) is 9.24. The quantitative estimate of drug-likeness (QED) is 0.669. The standard InChI is InChI=1S/C14H17BrF3N3O2.ClH/c1-7(2)12(19)13(23)20-6-11(22)21-10-4-8(14(16,17)18)3-9(15)5-10;/h3-5,7,12H,6,19H2,1-2H3,(H,20,23)(H,21,22);1H/t12-;/m0./s1. The number of alkyl halides is 3. The molecule has 0 saturated heterocycles. The van der Waals surface area contributed by atoms with Crippen molar-refractivity contribution in [1.82, 2.24) is 5.32 Å². The first-order valence-electron chi connectivity index (χ1n) is 6.71. The van der Waals surface area contributed by atoms with E-state index in [4.69, 9.17) is 5.73 Å². The number of nitrogens with two attached hydrogens (primary N) is 1. The largest absolute Gasteiger partial charge is 0.416 e. The van der Waals surface area contributed by atoms with Crippen LogP contribution in [0.3, 0.4) is 0 Å². The van der Waals surface area contributed by atoms with Crippen molar-refractivity contribution in [3.63, 3.8) is 0 Å². The molecule has 0 bridgehead atoms. The fourth-order valence-corrected chi connectivity index (χ4v) is 2.11. The molecule has 0 aliphatic carbocycles. The third-order valence-corrected chi connectivity index (χ3v) is 3.41. The SMILES string of the molecule is CC(C)[C@H](N)C(=O)NCC(=O)Nc1cc(Br)cc(C(F)(F)F)c1.Cl. The van der Waals surface area contributed by atoms with E-state index < -0.39 is 29.6 Å². The topological polar surface area (TPSA) is 84.2 Å². The minimum Gasteiger partial charge on any atom is -0.346 e. The van der Waals surface area contributed by atoms with Gasteiger partial charge in [0.25, 0.3) is 0 Å². The zero-order valence-corrected chi connectivity index (χ0v) is 15.3. The summed E-state index contributed by atoms with van der Waals surface area (Å²) in [6, 6.07) is 2.28. The lowest BCUT2D eigenvalue weighted by molar-refractivity contribution is -0.137. The van der Waals surface area contributed by atoms with Crippen molar-refractivity contribution in [1.29, 1.82) is 0 Å². The van der Waals surface area contributed by atoms with Crippen LogP contribution in [0.15, 0.2) is 22.7 Å². The highest BCUT2D eigenvalue weighted by Gasteiger charge is 2.31. The number of rotatable bonds is 5. The third kappa shape index (κ3) is 7.06. The molecule has 5 nitrogen and oxygen atoms in total. The van der Waals surface area contributed by atoms with Crippen molar-refractivity contribution >= 4 is 45.8 Å². The molecular weight excluding hydrogens is 415 g/mol. The van der Waals surface area contributed by atoms with Crippen molar-refractivity contribution in [3.05, 3.63) is 28.2 Å². The molecule has 10 heteroatoms. The Bertz CT molecular complexity index is 597. The lowest BCUT2D eigenvalue weighted by Crippen LogP contribution is -2.46. The van der Waals surface area contributed by atoms with Crippen LogP contribution < -0.4 is 16.4 Å². The Morgan fingerprint density at radius 1 is 1.25 bits per heavy atom. The predicted molar refractivity (Wildman–Crippen MR) is 90.8 cm³/mol. The Labute approximate surface area is 152 Å². The van der Waals surface area contributed by atoms with Crippen LogP contribution in [0, 0.1) is 5.92 Å². The average Bonchev–Trinajstić information content (AvgIpc) is 2.42. The van der Waals surface area contributed by atoms with Crippen molar-refractivity contribution < 1.29 is 22.8 Å². The summed E-state index contributed by atoms with van der Waals surface area (Å²) in [6.07, 6.45) is -4.53. The first kappa shape index (κ1) is 22.7. The number of amides is 2. The minimum absolute atomic E-state index is 0. The Hall–Kier alpha value is -1.32. The molecule has 24 heavy (non-hydrogen) atoms. The summed E-state index contributed by atoms with van der Waals surface area (Å²) in [6.45, 7) is 3.13. The Kier molecular flexibility index (Phi) is 8.73. The summed E-state index contributed by atoms with van der Waals surface area (Å²) < 4.78 is 38.3. The number of nitrogens with one attached hydrogen (secondary N) is 2. The maximum Gasteiger partial charge on any atom is 0.416 e. The maximum atomic E-state index is 12.7. The van der Waals surface area contributed by atoms with E-state index in [-0.39, 0.29) is 35.0 Å². The second-order valence-corrected chi connectivity index (χ2v) is 6.18. The van der Waals surface area contributed by atoms with E-state index >= 15 is 0 Å². The van der Waals surface area contributed by atoms with Gasteiger partial charge in [0.1, 0.15) is 0 Å². The number of benzene rings is 1. The van der Waals surface area contributed by atoms with E-state index in [9.17, 15) is 22.8 Å². The predicted octanol–water partition coefficient (Wildman–Crippen LogP) is 2.93. The zero-order valence-electron chi connectivity index (χ0n) is 12.9. The summed E-state index contributed by atoms with van der Waals surface area (Å²) in [5.74, 6) is -1.25. The van der Waals surface area contributed by atoms with Gasteiger partial charge < -0.3 is 16.4 Å². The monoisotopic (exact) mass is 431 g/mol. The van der Waals surface area contributed by atoms with E-state index in [0.29, 0.717) is 0 Å². The van der Waals surface area contributed by atoms with Crippen LogP contribution in [-0.2, 0) is 15.8 Å². The second-order valence-electron chi connectivity index (χ2n) is 5.26. The van der Waals surface area contributed by atoms with Crippen LogP contribution in [0.2, 0.25) is 0 Å². The number of carbonyl (C=O) groups excluding carboxylic acids is 2. The molecule has 0 aliphatic heterocycles. The molecule has 0 unspecified atom stereocenters. The Morgan fingerprint density at radius 2 is 1.83 bits per heavy atom. The van der Waals surface area contributed by atoms with Gasteiger partial charge >= 0.3 is 6.18 Å². The fourth-order valence-electron chi connectivity index (χ4n) is 1.62. The van der Waals surface area contributed by atoms with Gasteiger partial charge in [0.05, 0.1) is 18.2 Å². The van der Waals surface area contributed by atoms with Crippen molar-refractivity contribution in [2.24, 2.45) is 11.7 Å². The molecule has 136 valence electrons. The number of anilines is 1. The molecule has 0 aliphatic rings. The smallest absolute Gasteiger partial charge is 0.346 e. The average molecular weight is 433 g/mol. The van der Waals surface area contributed by atoms with Crippen LogP contribution in [0.1, 0.15) is 19.4 Å². The highest BCUT2D eigenvalue weighted by molar-refractivity contribution is 9.10. The molecule has 0 saturated carbocycles. The summed E-state index contributed by atoms with van der Waals surface area (Å²) in [5.41, 5.74) is 4.69. The number of halogens is 5. The molecule has 1 atom stereocenters. The van der Waals surface area contributed by atoms with Gasteiger partial charge in [0.15, 0.2) is 0 Å². The number of carbonyl (C=O) groups is 2. The van der Waals surface area contributed by atoms with E-state index in [1.54, 1.807) is 13.8 Å². The van der Waals surface area contributed by atoms with Crippen molar-refractivity contribution in [3.8, 4) is 0 Å². The fraction of sp³-hybridized carbons (Fsp3) is 0.429. The highest BCUT2D eigenvalue weighted by atomic mass is 79.9. The molecular formula is C14H18BrClF3N3O2. The van der Waals surface area contributed by atoms with Crippen LogP contribution in [0.4, 0.5) is 18.9 Å². The molecule has 4 N–H and O–H groups in total. The summed E-state index contributed by atoms with van der Waals surface area (Å²) in [7, 11) is 0. The Morgan fingerprint density at radius 3 is 2.33 bits per heavy atom. The molecule has 0 fully saturated rings. The summed E-state index contributed by atoms with van der Waals surface area (Å²) in [5, 5.41) is 4.63. The molecule has 0 spiro atoms. The third-order valence-electron chi connectivity index (χ3n) is 2.95. The van der Waals surface area contributed by atoms with Crippen LogP contribution in [0.5, 0.6) is 0 Å². The summed E-state index contributed by atoms with van der Waals surface area (Å²) >= 11 is 2.96. The maximum absolute atomic E-state index is 12.7. The van der Waals surface area contributed by atoms with Crippen LogP contribution in [0.25, 0.3) is 0 Å². The first-order valence-corrected chi connectivity index (χ1v) is 7.51. The molecule has 1 aromatic carbocycles. The molecule has 0 heterocycles. The van der Waals surface area contributed by atoms with Crippen molar-refractivity contribution in [2.75, 3.05) is 11.9 Å².